The highest BCUT2D eigenvalue weighted by Crippen LogP contribution is 2.29. The Kier molecular flexibility index (Phi) is 6.23. The van der Waals surface area contributed by atoms with E-state index in [-0.39, 0.29) is 30.0 Å². The zero-order chi connectivity index (χ0) is 20.0. The molecular weight excluding hydrogens is 373 g/mol. The van der Waals surface area contributed by atoms with Crippen molar-refractivity contribution in [2.45, 2.75) is 44.7 Å². The molecule has 1 heterocycles. The number of alkyl halides is 3. The number of rotatable bonds is 6. The van der Waals surface area contributed by atoms with Crippen molar-refractivity contribution in [3.05, 3.63) is 48.2 Å². The smallest absolute Gasteiger partial charge is 0.474 e. The Hall–Kier alpha value is -2.97. The Morgan fingerprint density at radius 3 is 2.61 bits per heavy atom. The van der Waals surface area contributed by atoms with Crippen LogP contribution in [0.4, 0.5) is 18.9 Å². The highest BCUT2D eigenvalue weighted by Gasteiger charge is 2.32. The van der Waals surface area contributed by atoms with Crippen LogP contribution in [0.2, 0.25) is 0 Å². The van der Waals surface area contributed by atoms with Crippen LogP contribution in [0.15, 0.2) is 47.6 Å². The number of hydrogen-bond acceptors (Lipinski definition) is 4. The molecule has 0 spiro atoms. The van der Waals surface area contributed by atoms with E-state index in [0.717, 1.165) is 18.4 Å². The molecule has 0 radical (unpaired) electrons. The van der Waals surface area contributed by atoms with Crippen LogP contribution in [0, 0.1) is 0 Å². The zero-order valence-corrected chi connectivity index (χ0v) is 15.1. The van der Waals surface area contributed by atoms with Crippen LogP contribution in [0.3, 0.4) is 0 Å². The van der Waals surface area contributed by atoms with Gasteiger partial charge in [0.25, 0.3) is 0 Å². The Bertz CT molecular complexity index is 804. The van der Waals surface area contributed by atoms with Crippen LogP contribution in [-0.4, -0.2) is 23.4 Å². The fourth-order valence-electron chi connectivity index (χ4n) is 2.89. The van der Waals surface area contributed by atoms with Crippen molar-refractivity contribution < 1.29 is 22.6 Å². The lowest BCUT2D eigenvalue weighted by Crippen LogP contribution is -2.24. The van der Waals surface area contributed by atoms with Crippen LogP contribution in [0.25, 0.3) is 0 Å². The second-order valence-electron chi connectivity index (χ2n) is 6.40. The standard InChI is InChI=1S/C19H21F3N4O2/c20-19(21,22)28-16-8-4-3-7-15(16)26-18(23)25-12-13-9-10-17(24-11-13)27-14-5-1-2-6-14/h3-4,7-11,14H,1-2,5-6,12H2,(H3,23,25,26). The fraction of sp³-hybridized carbons (Fsp3) is 0.368. The van der Waals surface area contributed by atoms with Gasteiger partial charge < -0.3 is 20.5 Å². The molecule has 6 nitrogen and oxygen atoms in total. The number of aliphatic imine (C=N–C) groups is 1. The van der Waals surface area contributed by atoms with Gasteiger partial charge in [-0.25, -0.2) is 9.98 Å². The number of halogens is 3. The number of guanidine groups is 1. The number of nitrogens with zero attached hydrogens (tertiary/aromatic N) is 2. The van der Waals surface area contributed by atoms with E-state index >= 15 is 0 Å². The van der Waals surface area contributed by atoms with Gasteiger partial charge in [-0.1, -0.05) is 18.2 Å². The Morgan fingerprint density at radius 2 is 1.93 bits per heavy atom. The maximum absolute atomic E-state index is 12.5. The van der Waals surface area contributed by atoms with E-state index in [4.69, 9.17) is 10.5 Å². The van der Waals surface area contributed by atoms with Crippen molar-refractivity contribution in [1.82, 2.24) is 4.98 Å². The van der Waals surface area contributed by atoms with Crippen LogP contribution in [0.5, 0.6) is 11.6 Å². The number of benzene rings is 1. The molecule has 1 aliphatic rings. The lowest BCUT2D eigenvalue weighted by atomic mass is 10.3. The van der Waals surface area contributed by atoms with Gasteiger partial charge in [0.05, 0.1) is 12.2 Å². The highest BCUT2D eigenvalue weighted by atomic mass is 19.4. The van der Waals surface area contributed by atoms with Crippen molar-refractivity contribution in [1.29, 1.82) is 0 Å². The highest BCUT2D eigenvalue weighted by molar-refractivity contribution is 5.93. The topological polar surface area (TPSA) is 81.8 Å². The number of para-hydroxylation sites is 2. The van der Waals surface area contributed by atoms with Crippen molar-refractivity contribution in [3.63, 3.8) is 0 Å². The summed E-state index contributed by atoms with van der Waals surface area (Å²) >= 11 is 0. The minimum absolute atomic E-state index is 0.0375. The SMILES string of the molecule is NC(=NCc1ccc(OC2CCCC2)nc1)Nc1ccccc1OC(F)(F)F. The summed E-state index contributed by atoms with van der Waals surface area (Å²) in [4.78, 5) is 8.39. The minimum atomic E-state index is -4.79. The fourth-order valence-corrected chi connectivity index (χ4v) is 2.89. The molecule has 28 heavy (non-hydrogen) atoms. The first kappa shape index (κ1) is 19.8. The summed E-state index contributed by atoms with van der Waals surface area (Å²) in [6, 6.07) is 9.20. The van der Waals surface area contributed by atoms with E-state index in [1.807, 2.05) is 6.07 Å². The normalized spacial score (nSPS) is 15.5. The van der Waals surface area contributed by atoms with E-state index in [1.165, 1.54) is 31.0 Å². The third-order valence-corrected chi connectivity index (χ3v) is 4.19. The van der Waals surface area contributed by atoms with Gasteiger partial charge in [0.2, 0.25) is 5.88 Å². The predicted octanol–water partition coefficient (Wildman–Crippen LogP) is 4.23. The van der Waals surface area contributed by atoms with Gasteiger partial charge in [0.15, 0.2) is 11.7 Å². The van der Waals surface area contributed by atoms with Crippen molar-refractivity contribution in [2.75, 3.05) is 5.32 Å². The lowest BCUT2D eigenvalue weighted by Gasteiger charge is -2.14. The van der Waals surface area contributed by atoms with E-state index in [1.54, 1.807) is 18.3 Å². The molecule has 0 saturated heterocycles. The van der Waals surface area contributed by atoms with Crippen LogP contribution < -0.4 is 20.5 Å². The Labute approximate surface area is 160 Å². The molecule has 3 rings (SSSR count). The molecule has 1 fully saturated rings. The Morgan fingerprint density at radius 1 is 1.18 bits per heavy atom. The zero-order valence-electron chi connectivity index (χ0n) is 15.1. The maximum atomic E-state index is 12.5. The molecule has 1 aromatic carbocycles. The summed E-state index contributed by atoms with van der Waals surface area (Å²) in [6.07, 6.45) is 1.54. The van der Waals surface area contributed by atoms with Crippen LogP contribution in [0.1, 0.15) is 31.2 Å². The Balaban J connectivity index is 1.57. The summed E-state index contributed by atoms with van der Waals surface area (Å²) in [7, 11) is 0. The lowest BCUT2D eigenvalue weighted by molar-refractivity contribution is -0.274. The summed E-state index contributed by atoms with van der Waals surface area (Å²) in [5.41, 5.74) is 6.65. The molecular formula is C19H21F3N4O2. The second kappa shape index (κ2) is 8.81. The number of hydrogen-bond donors (Lipinski definition) is 2. The van der Waals surface area contributed by atoms with Gasteiger partial charge in [-0.05, 0) is 43.4 Å². The number of aromatic nitrogens is 1. The minimum Gasteiger partial charge on any atom is -0.474 e. The molecule has 0 unspecified atom stereocenters. The molecule has 1 aromatic heterocycles. The summed E-state index contributed by atoms with van der Waals surface area (Å²) in [6.45, 7) is 0.220. The third-order valence-electron chi connectivity index (χ3n) is 4.19. The van der Waals surface area contributed by atoms with Crippen molar-refractivity contribution in [3.8, 4) is 11.6 Å². The number of anilines is 1. The van der Waals surface area contributed by atoms with Gasteiger partial charge in [0.1, 0.15) is 6.10 Å². The number of nitrogens with one attached hydrogen (secondary N) is 1. The first-order chi connectivity index (χ1) is 13.4. The van der Waals surface area contributed by atoms with Gasteiger partial charge in [-0.15, -0.1) is 13.2 Å². The summed E-state index contributed by atoms with van der Waals surface area (Å²) < 4.78 is 47.1. The number of ether oxygens (including phenoxy) is 2. The second-order valence-corrected chi connectivity index (χ2v) is 6.40. The van der Waals surface area contributed by atoms with Gasteiger partial charge in [-0.2, -0.15) is 0 Å². The van der Waals surface area contributed by atoms with Crippen molar-refractivity contribution in [2.24, 2.45) is 10.7 Å². The first-order valence-corrected chi connectivity index (χ1v) is 8.92. The van der Waals surface area contributed by atoms with Gasteiger partial charge in [-0.3, -0.25) is 0 Å². The van der Waals surface area contributed by atoms with Crippen LogP contribution >= 0.6 is 0 Å². The molecule has 0 bridgehead atoms. The van der Waals surface area contributed by atoms with Gasteiger partial charge >= 0.3 is 6.36 Å². The average Bonchev–Trinajstić information content (AvgIpc) is 3.15. The maximum Gasteiger partial charge on any atom is 0.573 e. The molecule has 2 aromatic rings. The van der Waals surface area contributed by atoms with E-state index in [2.05, 4.69) is 20.0 Å². The predicted molar refractivity (Wildman–Crippen MR) is 99.2 cm³/mol. The quantitative estimate of drug-likeness (QED) is 0.566. The molecule has 0 amide bonds. The first-order valence-electron chi connectivity index (χ1n) is 8.92. The molecule has 9 heteroatoms. The number of nitrogens with two attached hydrogens (primary N) is 1. The van der Waals surface area contributed by atoms with Crippen molar-refractivity contribution >= 4 is 11.6 Å². The third kappa shape index (κ3) is 6.04. The molecule has 1 saturated carbocycles. The van der Waals surface area contributed by atoms with Crippen LogP contribution in [-0.2, 0) is 6.54 Å². The van der Waals surface area contributed by atoms with E-state index in [9.17, 15) is 13.2 Å². The largest absolute Gasteiger partial charge is 0.573 e. The molecule has 0 aliphatic heterocycles. The molecule has 1 aliphatic carbocycles. The summed E-state index contributed by atoms with van der Waals surface area (Å²) in [5, 5.41) is 2.62. The monoisotopic (exact) mass is 394 g/mol. The average molecular weight is 394 g/mol. The van der Waals surface area contributed by atoms with E-state index < -0.39 is 6.36 Å². The molecule has 0 atom stereocenters. The summed E-state index contributed by atoms with van der Waals surface area (Å²) in [5.74, 6) is 0.150. The van der Waals surface area contributed by atoms with E-state index in [0.29, 0.717) is 5.88 Å². The van der Waals surface area contributed by atoms with Gasteiger partial charge in [0, 0.05) is 12.3 Å². The molecule has 3 N–H and O–H groups in total. The number of pyridine rings is 1. The molecule has 150 valence electrons.